The number of rotatable bonds is 5. The van der Waals surface area contributed by atoms with E-state index in [1.54, 1.807) is 13.2 Å². The Bertz CT molecular complexity index is 397. The molecule has 1 aromatic carbocycles. The zero-order valence-corrected chi connectivity index (χ0v) is 11.8. The quantitative estimate of drug-likeness (QED) is 0.861. The van der Waals surface area contributed by atoms with Gasteiger partial charge in [0.05, 0.1) is 7.11 Å². The number of phenolic OH excluding ortho intramolecular Hbond substituents is 1. The van der Waals surface area contributed by atoms with E-state index in [1.807, 2.05) is 23.9 Å². The number of ether oxygens (including phenoxy) is 1. The van der Waals surface area contributed by atoms with Crippen LogP contribution in [0.2, 0.25) is 0 Å². The van der Waals surface area contributed by atoms with Crippen molar-refractivity contribution in [3.63, 3.8) is 0 Å². The fourth-order valence-corrected chi connectivity index (χ4v) is 3.21. The summed E-state index contributed by atoms with van der Waals surface area (Å²) in [5.74, 6) is 1.00. The Morgan fingerprint density at radius 1 is 1.44 bits per heavy atom. The molecule has 2 N–H and O–H groups in total. The minimum Gasteiger partial charge on any atom is -0.507 e. The van der Waals surface area contributed by atoms with Crippen LogP contribution in [0.5, 0.6) is 11.5 Å². The van der Waals surface area contributed by atoms with E-state index in [1.165, 1.54) is 19.3 Å². The molecule has 100 valence electrons. The van der Waals surface area contributed by atoms with Gasteiger partial charge >= 0.3 is 0 Å². The van der Waals surface area contributed by atoms with Crippen molar-refractivity contribution in [1.29, 1.82) is 0 Å². The highest BCUT2D eigenvalue weighted by molar-refractivity contribution is 7.99. The number of benzene rings is 1. The Hall–Kier alpha value is -0.870. The van der Waals surface area contributed by atoms with Gasteiger partial charge in [0.15, 0.2) is 0 Å². The average molecular weight is 267 g/mol. The molecule has 0 spiro atoms. The van der Waals surface area contributed by atoms with Gasteiger partial charge in [-0.05, 0) is 31.6 Å². The Morgan fingerprint density at radius 3 is 2.89 bits per heavy atom. The number of hydrogen-bond acceptors (Lipinski definition) is 4. The lowest BCUT2D eigenvalue weighted by atomic mass is 10.1. The fraction of sp³-hybridized carbons (Fsp3) is 0.571. The van der Waals surface area contributed by atoms with E-state index in [9.17, 15) is 5.11 Å². The summed E-state index contributed by atoms with van der Waals surface area (Å²) < 4.78 is 5.07. The normalized spacial score (nSPS) is 23.2. The highest BCUT2D eigenvalue weighted by Gasteiger charge is 2.23. The van der Waals surface area contributed by atoms with Crippen LogP contribution >= 0.6 is 11.8 Å². The van der Waals surface area contributed by atoms with E-state index in [-0.39, 0.29) is 0 Å². The first kappa shape index (κ1) is 13.6. The van der Waals surface area contributed by atoms with Gasteiger partial charge in [-0.3, -0.25) is 0 Å². The van der Waals surface area contributed by atoms with Crippen LogP contribution < -0.4 is 10.1 Å². The van der Waals surface area contributed by atoms with Gasteiger partial charge in [-0.2, -0.15) is 11.8 Å². The molecule has 2 rings (SSSR count). The number of thioether (sulfide) groups is 1. The summed E-state index contributed by atoms with van der Waals surface area (Å²) in [4.78, 5) is 0. The van der Waals surface area contributed by atoms with Crippen LogP contribution in [0.3, 0.4) is 0 Å². The van der Waals surface area contributed by atoms with Gasteiger partial charge in [-0.1, -0.05) is 6.07 Å². The first-order chi connectivity index (χ1) is 8.72. The molecule has 0 radical (unpaired) electrons. The van der Waals surface area contributed by atoms with Crippen LogP contribution in [0.15, 0.2) is 18.2 Å². The van der Waals surface area contributed by atoms with Gasteiger partial charge in [-0.25, -0.2) is 0 Å². The Balaban J connectivity index is 1.87. The monoisotopic (exact) mass is 267 g/mol. The summed E-state index contributed by atoms with van der Waals surface area (Å²) in [5, 5.41) is 14.2. The van der Waals surface area contributed by atoms with Crippen LogP contribution in [0, 0.1) is 0 Å². The maximum Gasteiger partial charge on any atom is 0.123 e. The molecule has 1 aromatic rings. The Morgan fingerprint density at radius 2 is 2.28 bits per heavy atom. The van der Waals surface area contributed by atoms with Crippen molar-refractivity contribution in [2.24, 2.45) is 0 Å². The Kier molecular flexibility index (Phi) is 4.78. The number of nitrogens with one attached hydrogen (secondary N) is 1. The van der Waals surface area contributed by atoms with E-state index >= 15 is 0 Å². The van der Waals surface area contributed by atoms with Crippen molar-refractivity contribution in [3.05, 3.63) is 23.8 Å². The number of hydrogen-bond donors (Lipinski definition) is 2. The van der Waals surface area contributed by atoms with Crippen LogP contribution in [-0.2, 0) is 6.54 Å². The summed E-state index contributed by atoms with van der Waals surface area (Å²) in [6, 6.07) is 6.05. The van der Waals surface area contributed by atoms with Crippen LogP contribution in [0.25, 0.3) is 0 Å². The first-order valence-corrected chi connectivity index (χ1v) is 7.63. The van der Waals surface area contributed by atoms with E-state index in [0.29, 0.717) is 17.5 Å². The first-order valence-electron chi connectivity index (χ1n) is 6.35. The molecule has 0 saturated heterocycles. The molecular weight excluding hydrogens is 246 g/mol. The third-order valence-electron chi connectivity index (χ3n) is 3.59. The third-order valence-corrected chi connectivity index (χ3v) is 4.69. The zero-order chi connectivity index (χ0) is 13.0. The number of aromatic hydroxyl groups is 1. The second-order valence-corrected chi connectivity index (χ2v) is 5.88. The largest absolute Gasteiger partial charge is 0.507 e. The maximum atomic E-state index is 9.87. The molecule has 0 aliphatic heterocycles. The van der Waals surface area contributed by atoms with Gasteiger partial charge in [0.2, 0.25) is 0 Å². The van der Waals surface area contributed by atoms with Gasteiger partial charge < -0.3 is 15.2 Å². The lowest BCUT2D eigenvalue weighted by Crippen LogP contribution is -2.26. The fourth-order valence-electron chi connectivity index (χ4n) is 2.41. The van der Waals surface area contributed by atoms with Gasteiger partial charge in [0.25, 0.3) is 0 Å². The molecule has 0 aromatic heterocycles. The Labute approximate surface area is 113 Å². The van der Waals surface area contributed by atoms with E-state index in [0.717, 1.165) is 17.4 Å². The second-order valence-electron chi connectivity index (χ2n) is 4.74. The molecule has 1 aliphatic rings. The molecule has 2 atom stereocenters. The van der Waals surface area contributed by atoms with E-state index in [4.69, 9.17) is 4.74 Å². The van der Waals surface area contributed by atoms with Crippen molar-refractivity contribution in [3.8, 4) is 11.5 Å². The van der Waals surface area contributed by atoms with Crippen LogP contribution in [0.4, 0.5) is 0 Å². The summed E-state index contributed by atoms with van der Waals surface area (Å²) in [7, 11) is 1.60. The smallest absolute Gasteiger partial charge is 0.123 e. The van der Waals surface area contributed by atoms with Gasteiger partial charge in [-0.15, -0.1) is 0 Å². The molecule has 2 unspecified atom stereocenters. The molecule has 4 heteroatoms. The second kappa shape index (κ2) is 6.34. The minimum absolute atomic E-state index is 0.307. The molecule has 3 nitrogen and oxygen atoms in total. The van der Waals surface area contributed by atoms with Crippen molar-refractivity contribution in [1.82, 2.24) is 5.32 Å². The average Bonchev–Trinajstić information content (AvgIpc) is 2.85. The topological polar surface area (TPSA) is 41.5 Å². The van der Waals surface area contributed by atoms with Crippen molar-refractivity contribution >= 4 is 11.8 Å². The molecule has 0 amide bonds. The van der Waals surface area contributed by atoms with Gasteiger partial charge in [0.1, 0.15) is 11.5 Å². The van der Waals surface area contributed by atoms with Crippen LogP contribution in [0.1, 0.15) is 24.8 Å². The molecular formula is C14H21NO2S. The molecule has 18 heavy (non-hydrogen) atoms. The zero-order valence-electron chi connectivity index (χ0n) is 11.0. The van der Waals surface area contributed by atoms with Crippen molar-refractivity contribution < 1.29 is 9.84 Å². The number of phenols is 1. The minimum atomic E-state index is 0.307. The predicted molar refractivity (Wildman–Crippen MR) is 76.4 cm³/mol. The molecule has 0 heterocycles. The summed E-state index contributed by atoms with van der Waals surface area (Å²) in [5.41, 5.74) is 0.934. The molecule has 0 bridgehead atoms. The van der Waals surface area contributed by atoms with Crippen LogP contribution in [-0.4, -0.2) is 29.8 Å². The molecule has 1 fully saturated rings. The SMILES string of the molecule is COc1ccc(CNC2CCC(SC)C2)c(O)c1. The summed E-state index contributed by atoms with van der Waals surface area (Å²) in [6.07, 6.45) is 5.95. The summed E-state index contributed by atoms with van der Waals surface area (Å²) in [6.45, 7) is 0.724. The molecule has 1 saturated carbocycles. The predicted octanol–water partition coefficient (Wildman–Crippen LogP) is 2.77. The summed E-state index contributed by atoms with van der Waals surface area (Å²) >= 11 is 1.96. The highest BCUT2D eigenvalue weighted by atomic mass is 32.2. The third kappa shape index (κ3) is 3.33. The number of methoxy groups -OCH3 is 1. The standard InChI is InChI=1S/C14H21NO2S/c1-17-12-5-3-10(14(16)8-12)9-15-11-4-6-13(7-11)18-2/h3,5,8,11,13,15-16H,4,6-7,9H2,1-2H3. The van der Waals surface area contributed by atoms with E-state index < -0.39 is 0 Å². The molecule has 1 aliphatic carbocycles. The van der Waals surface area contributed by atoms with Crippen molar-refractivity contribution in [2.75, 3.05) is 13.4 Å². The lowest BCUT2D eigenvalue weighted by Gasteiger charge is -2.14. The lowest BCUT2D eigenvalue weighted by molar-refractivity contribution is 0.405. The highest BCUT2D eigenvalue weighted by Crippen LogP contribution is 2.29. The van der Waals surface area contributed by atoms with Crippen molar-refractivity contribution in [2.45, 2.75) is 37.1 Å². The maximum absolute atomic E-state index is 9.87. The van der Waals surface area contributed by atoms with Gasteiger partial charge in [0, 0.05) is 29.5 Å². The van der Waals surface area contributed by atoms with E-state index in [2.05, 4.69) is 11.6 Å².